The summed E-state index contributed by atoms with van der Waals surface area (Å²) in [6.07, 6.45) is 3.01. The number of nitrogens with one attached hydrogen (secondary N) is 1. The van der Waals surface area contributed by atoms with E-state index in [-0.39, 0.29) is 6.42 Å². The number of esters is 1. The van der Waals surface area contributed by atoms with Crippen LogP contribution < -0.4 is 5.32 Å². The smallest absolute Gasteiger partial charge is 0.307 e. The largest absolute Gasteiger partial charge is 0.456 e. The third-order valence-electron chi connectivity index (χ3n) is 3.88. The van der Waals surface area contributed by atoms with E-state index < -0.39 is 35.7 Å². The zero-order valence-electron chi connectivity index (χ0n) is 13.5. The zero-order chi connectivity index (χ0) is 18.3. The SMILES string of the molecule is N#CC1(NC(=O)COC(=O)CCSc2ccc(F)c(F)c2)CCCC1. The Bertz CT molecular complexity index is 685. The number of carbonyl (C=O) groups is 2. The van der Waals surface area contributed by atoms with E-state index in [9.17, 15) is 23.6 Å². The molecule has 2 rings (SSSR count). The molecule has 0 bridgehead atoms. The van der Waals surface area contributed by atoms with Gasteiger partial charge in [-0.1, -0.05) is 0 Å². The van der Waals surface area contributed by atoms with Crippen LogP contribution in [0.25, 0.3) is 0 Å². The van der Waals surface area contributed by atoms with Crippen LogP contribution in [0.5, 0.6) is 0 Å². The molecule has 0 aromatic heterocycles. The summed E-state index contributed by atoms with van der Waals surface area (Å²) in [7, 11) is 0. The van der Waals surface area contributed by atoms with Gasteiger partial charge in [0, 0.05) is 10.6 Å². The molecular weight excluding hydrogens is 350 g/mol. The summed E-state index contributed by atoms with van der Waals surface area (Å²) < 4.78 is 30.7. The summed E-state index contributed by atoms with van der Waals surface area (Å²) in [5, 5.41) is 11.8. The van der Waals surface area contributed by atoms with Crippen LogP contribution in [0.2, 0.25) is 0 Å². The highest BCUT2D eigenvalue weighted by atomic mass is 32.2. The van der Waals surface area contributed by atoms with Gasteiger partial charge in [0.15, 0.2) is 18.2 Å². The van der Waals surface area contributed by atoms with Crippen molar-refractivity contribution in [2.45, 2.75) is 42.5 Å². The highest BCUT2D eigenvalue weighted by Crippen LogP contribution is 2.28. The van der Waals surface area contributed by atoms with Gasteiger partial charge in [0.1, 0.15) is 5.54 Å². The Labute approximate surface area is 148 Å². The standard InChI is InChI=1S/C17H18F2N2O3S/c18-13-4-3-12(9-14(13)19)25-8-5-16(23)24-10-15(22)21-17(11-20)6-1-2-7-17/h3-4,9H,1-2,5-8,10H2,(H,21,22). The summed E-state index contributed by atoms with van der Waals surface area (Å²) in [6, 6.07) is 5.62. The lowest BCUT2D eigenvalue weighted by Crippen LogP contribution is -2.46. The Hall–Kier alpha value is -2.14. The molecule has 5 nitrogen and oxygen atoms in total. The summed E-state index contributed by atoms with van der Waals surface area (Å²) in [6.45, 7) is -0.432. The van der Waals surface area contributed by atoms with Crippen molar-refractivity contribution in [2.75, 3.05) is 12.4 Å². The van der Waals surface area contributed by atoms with E-state index in [4.69, 9.17) is 4.74 Å². The van der Waals surface area contributed by atoms with Crippen molar-refractivity contribution in [1.82, 2.24) is 5.32 Å². The van der Waals surface area contributed by atoms with E-state index in [1.165, 1.54) is 17.8 Å². The Balaban J connectivity index is 1.67. The number of thioether (sulfide) groups is 1. The van der Waals surface area contributed by atoms with Crippen LogP contribution in [-0.2, 0) is 14.3 Å². The predicted octanol–water partition coefficient (Wildman–Crippen LogP) is 2.94. The first-order chi connectivity index (χ1) is 11.9. The molecule has 0 heterocycles. The highest BCUT2D eigenvalue weighted by molar-refractivity contribution is 7.99. The van der Waals surface area contributed by atoms with Gasteiger partial charge >= 0.3 is 5.97 Å². The number of rotatable bonds is 7. The summed E-state index contributed by atoms with van der Waals surface area (Å²) in [5.41, 5.74) is -0.841. The van der Waals surface area contributed by atoms with E-state index in [0.717, 1.165) is 25.0 Å². The molecule has 25 heavy (non-hydrogen) atoms. The second-order valence-electron chi connectivity index (χ2n) is 5.78. The number of hydrogen-bond donors (Lipinski definition) is 1. The van der Waals surface area contributed by atoms with Crippen molar-refractivity contribution in [3.63, 3.8) is 0 Å². The second kappa shape index (κ2) is 8.81. The fraction of sp³-hybridized carbons (Fsp3) is 0.471. The third kappa shape index (κ3) is 5.71. The predicted molar refractivity (Wildman–Crippen MR) is 87.6 cm³/mol. The first kappa shape index (κ1) is 19.2. The number of nitriles is 1. The molecule has 1 saturated carbocycles. The molecule has 1 fully saturated rings. The average Bonchev–Trinajstić information content (AvgIpc) is 3.05. The van der Waals surface area contributed by atoms with Crippen molar-refractivity contribution in [1.29, 1.82) is 5.26 Å². The maximum atomic E-state index is 13.1. The van der Waals surface area contributed by atoms with Gasteiger partial charge in [-0.3, -0.25) is 9.59 Å². The van der Waals surface area contributed by atoms with Crippen molar-refractivity contribution < 1.29 is 23.1 Å². The minimum atomic E-state index is -0.942. The quantitative estimate of drug-likeness (QED) is 0.591. The Morgan fingerprint density at radius 3 is 2.64 bits per heavy atom. The number of amides is 1. The van der Waals surface area contributed by atoms with Gasteiger partial charge < -0.3 is 10.1 Å². The molecule has 0 aliphatic heterocycles. The second-order valence-corrected chi connectivity index (χ2v) is 6.95. The van der Waals surface area contributed by atoms with Gasteiger partial charge in [-0.15, -0.1) is 11.8 Å². The van der Waals surface area contributed by atoms with Gasteiger partial charge in [-0.2, -0.15) is 5.26 Å². The topological polar surface area (TPSA) is 79.2 Å². The number of benzene rings is 1. The van der Waals surface area contributed by atoms with Crippen LogP contribution in [0.15, 0.2) is 23.1 Å². The molecule has 0 atom stereocenters. The molecule has 8 heteroatoms. The van der Waals surface area contributed by atoms with Crippen LogP contribution in [0, 0.1) is 23.0 Å². The van der Waals surface area contributed by atoms with Crippen LogP contribution >= 0.6 is 11.8 Å². The summed E-state index contributed by atoms with van der Waals surface area (Å²) in [4.78, 5) is 23.9. The highest BCUT2D eigenvalue weighted by Gasteiger charge is 2.35. The lowest BCUT2D eigenvalue weighted by atomic mass is 10.00. The number of ether oxygens (including phenoxy) is 1. The van der Waals surface area contributed by atoms with Crippen LogP contribution in [0.1, 0.15) is 32.1 Å². The number of hydrogen-bond acceptors (Lipinski definition) is 5. The van der Waals surface area contributed by atoms with Crippen LogP contribution in [-0.4, -0.2) is 29.8 Å². The minimum Gasteiger partial charge on any atom is -0.456 e. The van der Waals surface area contributed by atoms with E-state index in [1.54, 1.807) is 0 Å². The summed E-state index contributed by atoms with van der Waals surface area (Å²) >= 11 is 1.18. The first-order valence-corrected chi connectivity index (χ1v) is 8.88. The fourth-order valence-corrected chi connectivity index (χ4v) is 3.44. The van der Waals surface area contributed by atoms with E-state index >= 15 is 0 Å². The molecule has 1 aromatic carbocycles. The molecule has 0 radical (unpaired) electrons. The van der Waals surface area contributed by atoms with Gasteiger partial charge in [-0.05, 0) is 43.9 Å². The van der Waals surface area contributed by atoms with Crippen LogP contribution in [0.4, 0.5) is 8.78 Å². The molecular formula is C17H18F2N2O3S. The normalized spacial score (nSPS) is 15.4. The Kier molecular flexibility index (Phi) is 6.76. The molecule has 1 amide bonds. The Morgan fingerprint density at radius 1 is 1.28 bits per heavy atom. The van der Waals surface area contributed by atoms with E-state index in [2.05, 4.69) is 11.4 Å². The van der Waals surface area contributed by atoms with Crippen molar-refractivity contribution in [3.05, 3.63) is 29.8 Å². The molecule has 0 unspecified atom stereocenters. The van der Waals surface area contributed by atoms with Gasteiger partial charge in [-0.25, -0.2) is 8.78 Å². The van der Waals surface area contributed by atoms with Crippen molar-refractivity contribution in [2.24, 2.45) is 0 Å². The number of nitrogens with zero attached hydrogens (tertiary/aromatic N) is 1. The van der Waals surface area contributed by atoms with Crippen LogP contribution in [0.3, 0.4) is 0 Å². The van der Waals surface area contributed by atoms with Crippen molar-refractivity contribution in [3.8, 4) is 6.07 Å². The lowest BCUT2D eigenvalue weighted by molar-refractivity contribution is -0.148. The fourth-order valence-electron chi connectivity index (χ4n) is 2.58. The van der Waals surface area contributed by atoms with E-state index in [1.807, 2.05) is 0 Å². The maximum Gasteiger partial charge on any atom is 0.307 e. The molecule has 0 saturated heterocycles. The molecule has 1 aromatic rings. The lowest BCUT2D eigenvalue weighted by Gasteiger charge is -2.21. The molecule has 1 aliphatic rings. The average molecular weight is 368 g/mol. The van der Waals surface area contributed by atoms with Crippen molar-refractivity contribution >= 4 is 23.6 Å². The van der Waals surface area contributed by atoms with E-state index in [0.29, 0.717) is 23.5 Å². The zero-order valence-corrected chi connectivity index (χ0v) is 14.3. The molecule has 0 spiro atoms. The third-order valence-corrected chi connectivity index (χ3v) is 4.88. The number of halogens is 2. The van der Waals surface area contributed by atoms with Gasteiger partial charge in [0.25, 0.3) is 5.91 Å². The molecule has 134 valence electrons. The number of carbonyl (C=O) groups excluding carboxylic acids is 2. The maximum absolute atomic E-state index is 13.1. The Morgan fingerprint density at radius 2 is 2.00 bits per heavy atom. The van der Waals surface area contributed by atoms with Gasteiger partial charge in [0.05, 0.1) is 12.5 Å². The summed E-state index contributed by atoms with van der Waals surface area (Å²) in [5.74, 6) is -2.62. The minimum absolute atomic E-state index is 0.0281. The molecule has 1 N–H and O–H groups in total. The molecule has 1 aliphatic carbocycles. The monoisotopic (exact) mass is 368 g/mol. The first-order valence-electron chi connectivity index (χ1n) is 7.90. The van der Waals surface area contributed by atoms with Gasteiger partial charge in [0.2, 0.25) is 0 Å².